The van der Waals surface area contributed by atoms with E-state index < -0.39 is 11.6 Å². The quantitative estimate of drug-likeness (QED) is 0.480. The molecule has 2 heterocycles. The van der Waals surface area contributed by atoms with Crippen LogP contribution in [0.5, 0.6) is 0 Å². The highest BCUT2D eigenvalue weighted by Gasteiger charge is 2.22. The fraction of sp³-hybridized carbons (Fsp3) is 0.412. The highest BCUT2D eigenvalue weighted by atomic mass is 35.5. The number of aromatic amines is 1. The van der Waals surface area contributed by atoms with Gasteiger partial charge in [0.2, 0.25) is 6.41 Å². The first-order chi connectivity index (χ1) is 12.0. The fourth-order valence-corrected chi connectivity index (χ4v) is 2.07. The van der Waals surface area contributed by atoms with Crippen LogP contribution in [-0.2, 0) is 16.1 Å². The van der Waals surface area contributed by atoms with E-state index in [0.29, 0.717) is 22.3 Å². The summed E-state index contributed by atoms with van der Waals surface area (Å²) in [5.74, 6) is -0.493. The van der Waals surface area contributed by atoms with E-state index in [1.165, 1.54) is 11.2 Å². The maximum atomic E-state index is 11.8. The maximum Gasteiger partial charge on any atom is 0.359 e. The number of ether oxygens (including phenoxy) is 1. The van der Waals surface area contributed by atoms with Crippen molar-refractivity contribution in [2.45, 2.75) is 39.8 Å². The molecule has 0 spiro atoms. The van der Waals surface area contributed by atoms with E-state index in [1.54, 1.807) is 40.1 Å². The van der Waals surface area contributed by atoms with Crippen LogP contribution >= 0.6 is 23.2 Å². The standard InChI is InChI=1S/C11H17N3O3.C6H5Cl2N/c1-11(2,3)17-10(16)9-8(12-6-13-9)5-14(4)7-15;1-4-5(7)2-3-9-6(4)8/h6-7H,5H2,1-4H3,(H,12,13);2-3H,1H3. The second-order valence-corrected chi connectivity index (χ2v) is 7.23. The minimum absolute atomic E-state index is 0.216. The molecule has 2 aromatic heterocycles. The SMILES string of the molecule is CN(C=O)Cc1[nH]cnc1C(=O)OC(C)(C)C.Cc1c(Cl)ccnc1Cl. The van der Waals surface area contributed by atoms with E-state index in [4.69, 9.17) is 27.9 Å². The number of hydrogen-bond acceptors (Lipinski definition) is 5. The Labute approximate surface area is 162 Å². The number of imidazole rings is 1. The van der Waals surface area contributed by atoms with Crippen LogP contribution < -0.4 is 0 Å². The van der Waals surface area contributed by atoms with Crippen molar-refractivity contribution in [3.63, 3.8) is 0 Å². The molecular weight excluding hydrogens is 379 g/mol. The second-order valence-electron chi connectivity index (χ2n) is 6.46. The predicted molar refractivity (Wildman–Crippen MR) is 100 cm³/mol. The van der Waals surface area contributed by atoms with E-state index in [1.807, 2.05) is 6.92 Å². The molecule has 1 amide bonds. The lowest BCUT2D eigenvalue weighted by Gasteiger charge is -2.19. The molecule has 0 aliphatic carbocycles. The molecule has 0 unspecified atom stereocenters. The Hall–Kier alpha value is -2.12. The van der Waals surface area contributed by atoms with Gasteiger partial charge in [-0.15, -0.1) is 0 Å². The highest BCUT2D eigenvalue weighted by Crippen LogP contribution is 2.19. The molecule has 0 radical (unpaired) electrons. The third-order valence-corrected chi connectivity index (χ3v) is 3.76. The number of halogens is 2. The van der Waals surface area contributed by atoms with Crippen LogP contribution in [0.25, 0.3) is 0 Å². The van der Waals surface area contributed by atoms with Gasteiger partial charge >= 0.3 is 5.97 Å². The lowest BCUT2D eigenvalue weighted by molar-refractivity contribution is -0.117. The Bertz CT molecular complexity index is 736. The van der Waals surface area contributed by atoms with Crippen LogP contribution in [0.3, 0.4) is 0 Å². The number of carbonyl (C=O) groups excluding carboxylic acids is 2. The van der Waals surface area contributed by atoms with Gasteiger partial charge in [0.15, 0.2) is 5.69 Å². The summed E-state index contributed by atoms with van der Waals surface area (Å²) in [4.78, 5) is 34.3. The minimum Gasteiger partial charge on any atom is -0.455 e. The van der Waals surface area contributed by atoms with Gasteiger partial charge in [-0.1, -0.05) is 23.2 Å². The summed E-state index contributed by atoms with van der Waals surface area (Å²) in [6, 6.07) is 1.71. The average molecular weight is 401 g/mol. The van der Waals surface area contributed by atoms with Crippen LogP contribution in [0.2, 0.25) is 10.2 Å². The molecule has 2 rings (SSSR count). The predicted octanol–water partition coefficient (Wildman–Crippen LogP) is 3.65. The summed E-state index contributed by atoms with van der Waals surface area (Å²) in [6.45, 7) is 7.48. The van der Waals surface area contributed by atoms with Gasteiger partial charge in [0, 0.05) is 23.8 Å². The maximum absolute atomic E-state index is 11.8. The number of nitrogens with one attached hydrogen (secondary N) is 1. The van der Waals surface area contributed by atoms with Crippen LogP contribution in [-0.4, -0.2) is 44.9 Å². The Kier molecular flexibility index (Phi) is 8.05. The smallest absolute Gasteiger partial charge is 0.359 e. The van der Waals surface area contributed by atoms with Crippen molar-refractivity contribution in [1.82, 2.24) is 19.9 Å². The summed E-state index contributed by atoms with van der Waals surface area (Å²) in [5, 5.41) is 1.14. The lowest BCUT2D eigenvalue weighted by Crippen LogP contribution is -2.25. The number of amides is 1. The lowest BCUT2D eigenvalue weighted by atomic mass is 10.2. The second kappa shape index (κ2) is 9.54. The van der Waals surface area contributed by atoms with Crippen molar-refractivity contribution in [2.75, 3.05) is 7.05 Å². The van der Waals surface area contributed by atoms with Gasteiger partial charge in [-0.3, -0.25) is 4.79 Å². The average Bonchev–Trinajstić information content (AvgIpc) is 2.99. The highest BCUT2D eigenvalue weighted by molar-refractivity contribution is 6.35. The number of pyridine rings is 1. The molecule has 0 atom stereocenters. The Balaban J connectivity index is 0.000000314. The first kappa shape index (κ1) is 21.9. The number of rotatable bonds is 4. The van der Waals surface area contributed by atoms with Crippen LogP contribution in [0.1, 0.15) is 42.5 Å². The van der Waals surface area contributed by atoms with E-state index >= 15 is 0 Å². The van der Waals surface area contributed by atoms with E-state index in [-0.39, 0.29) is 12.2 Å². The zero-order valence-electron chi connectivity index (χ0n) is 15.3. The van der Waals surface area contributed by atoms with Gasteiger partial charge in [0.25, 0.3) is 0 Å². The van der Waals surface area contributed by atoms with E-state index in [2.05, 4.69) is 15.0 Å². The molecule has 0 aromatic carbocycles. The minimum atomic E-state index is -0.566. The number of carbonyl (C=O) groups is 2. The Morgan fingerprint density at radius 2 is 2.00 bits per heavy atom. The zero-order chi connectivity index (χ0) is 19.9. The van der Waals surface area contributed by atoms with Crippen LogP contribution in [0, 0.1) is 6.92 Å². The van der Waals surface area contributed by atoms with Crippen molar-refractivity contribution in [3.8, 4) is 0 Å². The van der Waals surface area contributed by atoms with Crippen molar-refractivity contribution in [3.05, 3.63) is 45.7 Å². The summed E-state index contributed by atoms with van der Waals surface area (Å²) < 4.78 is 5.21. The third kappa shape index (κ3) is 7.01. The van der Waals surface area contributed by atoms with Gasteiger partial charge < -0.3 is 14.6 Å². The summed E-state index contributed by atoms with van der Waals surface area (Å²) >= 11 is 11.3. The largest absolute Gasteiger partial charge is 0.455 e. The van der Waals surface area contributed by atoms with Gasteiger partial charge in [-0.05, 0) is 33.8 Å². The van der Waals surface area contributed by atoms with E-state index in [9.17, 15) is 9.59 Å². The van der Waals surface area contributed by atoms with Crippen molar-refractivity contribution in [1.29, 1.82) is 0 Å². The van der Waals surface area contributed by atoms with Gasteiger partial charge in [-0.25, -0.2) is 14.8 Å². The fourth-order valence-electron chi connectivity index (χ4n) is 1.72. The molecule has 9 heteroatoms. The Morgan fingerprint density at radius 1 is 1.35 bits per heavy atom. The molecule has 2 aromatic rings. The summed E-state index contributed by atoms with van der Waals surface area (Å²) in [6.07, 6.45) is 3.67. The molecule has 1 N–H and O–H groups in total. The number of H-pyrrole nitrogens is 1. The normalized spacial score (nSPS) is 10.6. The molecule has 26 heavy (non-hydrogen) atoms. The van der Waals surface area contributed by atoms with Crippen LogP contribution in [0.15, 0.2) is 18.6 Å². The number of aromatic nitrogens is 3. The number of hydrogen-bond donors (Lipinski definition) is 1. The number of esters is 1. The molecule has 0 aliphatic heterocycles. The van der Waals surface area contributed by atoms with Gasteiger partial charge in [0.1, 0.15) is 10.8 Å². The number of nitrogens with zero attached hydrogens (tertiary/aromatic N) is 3. The molecule has 0 fully saturated rings. The molecule has 7 nitrogen and oxygen atoms in total. The van der Waals surface area contributed by atoms with Crippen molar-refractivity contribution < 1.29 is 14.3 Å². The summed E-state index contributed by atoms with van der Waals surface area (Å²) in [5.41, 5.74) is 1.05. The monoisotopic (exact) mass is 400 g/mol. The molecular formula is C17H22Cl2N4O3. The summed E-state index contributed by atoms with van der Waals surface area (Å²) in [7, 11) is 1.62. The van der Waals surface area contributed by atoms with Crippen LogP contribution in [0.4, 0.5) is 0 Å². The van der Waals surface area contributed by atoms with Crippen molar-refractivity contribution in [2.24, 2.45) is 0 Å². The molecule has 0 saturated carbocycles. The molecule has 0 aliphatic rings. The topological polar surface area (TPSA) is 88.2 Å². The molecule has 142 valence electrons. The van der Waals surface area contributed by atoms with Gasteiger partial charge in [0.05, 0.1) is 18.6 Å². The van der Waals surface area contributed by atoms with E-state index in [0.717, 1.165) is 5.56 Å². The molecule has 0 saturated heterocycles. The van der Waals surface area contributed by atoms with Gasteiger partial charge in [-0.2, -0.15) is 0 Å². The third-order valence-electron chi connectivity index (χ3n) is 2.97. The van der Waals surface area contributed by atoms with Crippen molar-refractivity contribution >= 4 is 35.6 Å². The Morgan fingerprint density at radius 3 is 2.50 bits per heavy atom. The molecule has 0 bridgehead atoms. The zero-order valence-corrected chi connectivity index (χ0v) is 16.9. The first-order valence-corrected chi connectivity index (χ1v) is 8.48. The first-order valence-electron chi connectivity index (χ1n) is 7.73.